The van der Waals surface area contributed by atoms with Gasteiger partial charge in [-0.3, -0.25) is 4.79 Å². The fourth-order valence-electron chi connectivity index (χ4n) is 6.03. The lowest BCUT2D eigenvalue weighted by Gasteiger charge is -2.38. The van der Waals surface area contributed by atoms with Crippen molar-refractivity contribution in [1.29, 1.82) is 0 Å². The number of benzene rings is 1. The number of piperidine rings is 1. The molecule has 0 aromatic heterocycles. The van der Waals surface area contributed by atoms with Crippen molar-refractivity contribution in [3.63, 3.8) is 0 Å². The SMILES string of the molecule is O=C(Nc1ccc2c(c1)[C@@H]1C[C@H](CC(=O)N3CCCCC3)O[C@H](CO)[C@@H]1O2)NC1CCCCC1. The summed E-state index contributed by atoms with van der Waals surface area (Å²) in [6.07, 6.45) is 8.93. The van der Waals surface area contributed by atoms with Crippen molar-refractivity contribution < 1.29 is 24.2 Å². The highest BCUT2D eigenvalue weighted by atomic mass is 16.6. The molecule has 4 atom stereocenters. The minimum Gasteiger partial charge on any atom is -0.487 e. The largest absolute Gasteiger partial charge is 0.487 e. The molecule has 3 amide bonds. The molecule has 0 bridgehead atoms. The second-order valence-electron chi connectivity index (χ2n) is 10.2. The van der Waals surface area contributed by atoms with Crippen molar-refractivity contribution in [2.45, 2.75) is 94.5 Å². The van der Waals surface area contributed by atoms with Gasteiger partial charge in [-0.2, -0.15) is 0 Å². The third kappa shape index (κ3) is 5.18. The highest BCUT2D eigenvalue weighted by molar-refractivity contribution is 5.89. The second kappa shape index (κ2) is 10.5. The van der Waals surface area contributed by atoms with Gasteiger partial charge in [0.15, 0.2) is 0 Å². The van der Waals surface area contributed by atoms with E-state index in [0.717, 1.165) is 55.8 Å². The van der Waals surface area contributed by atoms with E-state index in [1.54, 1.807) is 0 Å². The molecule has 0 unspecified atom stereocenters. The van der Waals surface area contributed by atoms with E-state index < -0.39 is 6.10 Å². The van der Waals surface area contributed by atoms with Gasteiger partial charge in [-0.05, 0) is 56.7 Å². The van der Waals surface area contributed by atoms with Crippen molar-refractivity contribution in [3.05, 3.63) is 23.8 Å². The van der Waals surface area contributed by atoms with Gasteiger partial charge in [0, 0.05) is 36.3 Å². The molecule has 1 aromatic rings. The lowest BCUT2D eigenvalue weighted by atomic mass is 9.84. The van der Waals surface area contributed by atoms with Crippen molar-refractivity contribution in [2.24, 2.45) is 0 Å². The van der Waals surface area contributed by atoms with Crippen molar-refractivity contribution in [3.8, 4) is 5.75 Å². The summed E-state index contributed by atoms with van der Waals surface area (Å²) in [4.78, 5) is 27.3. The third-order valence-corrected chi connectivity index (χ3v) is 7.81. The molecule has 5 rings (SSSR count). The number of carbonyl (C=O) groups excluding carboxylic acids is 2. The quantitative estimate of drug-likeness (QED) is 0.610. The number of urea groups is 1. The van der Waals surface area contributed by atoms with E-state index in [2.05, 4.69) is 10.6 Å². The first-order valence-corrected chi connectivity index (χ1v) is 13.0. The summed E-state index contributed by atoms with van der Waals surface area (Å²) in [5, 5.41) is 16.1. The Kier molecular flexibility index (Phi) is 7.25. The van der Waals surface area contributed by atoms with Crippen LogP contribution in [0.3, 0.4) is 0 Å². The molecule has 34 heavy (non-hydrogen) atoms. The predicted octanol–water partition coefficient (Wildman–Crippen LogP) is 3.54. The van der Waals surface area contributed by atoms with Gasteiger partial charge in [-0.1, -0.05) is 19.3 Å². The fourth-order valence-corrected chi connectivity index (χ4v) is 6.03. The van der Waals surface area contributed by atoms with Crippen molar-refractivity contribution in [1.82, 2.24) is 10.2 Å². The smallest absolute Gasteiger partial charge is 0.319 e. The van der Waals surface area contributed by atoms with Crippen LogP contribution in [0.25, 0.3) is 0 Å². The average Bonchev–Trinajstić information content (AvgIpc) is 3.22. The van der Waals surface area contributed by atoms with Crippen LogP contribution in [0.15, 0.2) is 18.2 Å². The van der Waals surface area contributed by atoms with Gasteiger partial charge in [0.1, 0.15) is 18.0 Å². The zero-order chi connectivity index (χ0) is 23.5. The molecule has 1 aromatic carbocycles. The van der Waals surface area contributed by atoms with E-state index in [1.165, 1.54) is 25.7 Å². The minimum atomic E-state index is -0.476. The molecule has 1 aliphatic carbocycles. The van der Waals surface area contributed by atoms with E-state index in [4.69, 9.17) is 9.47 Å². The maximum absolute atomic E-state index is 12.8. The predicted molar refractivity (Wildman–Crippen MR) is 128 cm³/mol. The number of hydrogen-bond donors (Lipinski definition) is 3. The molecule has 186 valence electrons. The number of likely N-dealkylation sites (tertiary alicyclic amines) is 1. The van der Waals surface area contributed by atoms with E-state index in [9.17, 15) is 14.7 Å². The molecular formula is C26H37N3O5. The van der Waals surface area contributed by atoms with Crippen LogP contribution >= 0.6 is 0 Å². The Morgan fingerprint density at radius 2 is 1.82 bits per heavy atom. The Bertz CT molecular complexity index is 881. The van der Waals surface area contributed by atoms with Crippen LogP contribution in [0, 0.1) is 0 Å². The molecule has 1 saturated carbocycles. The molecule has 4 aliphatic rings. The van der Waals surface area contributed by atoms with E-state index in [0.29, 0.717) is 12.8 Å². The summed E-state index contributed by atoms with van der Waals surface area (Å²) in [6, 6.07) is 5.78. The molecule has 3 N–H and O–H groups in total. The monoisotopic (exact) mass is 471 g/mol. The Morgan fingerprint density at radius 3 is 2.59 bits per heavy atom. The number of nitrogens with zero attached hydrogens (tertiary/aromatic N) is 1. The normalized spacial score (nSPS) is 29.0. The molecule has 0 radical (unpaired) electrons. The molecule has 3 fully saturated rings. The summed E-state index contributed by atoms with van der Waals surface area (Å²) in [5.41, 5.74) is 1.74. The Hall–Kier alpha value is -2.32. The molecule has 2 saturated heterocycles. The fraction of sp³-hybridized carbons (Fsp3) is 0.692. The zero-order valence-electron chi connectivity index (χ0n) is 19.8. The molecule has 8 nitrogen and oxygen atoms in total. The number of rotatable bonds is 5. The third-order valence-electron chi connectivity index (χ3n) is 7.81. The van der Waals surface area contributed by atoms with Gasteiger partial charge in [0.25, 0.3) is 0 Å². The molecule has 3 aliphatic heterocycles. The first-order valence-electron chi connectivity index (χ1n) is 13.0. The summed E-state index contributed by atoms with van der Waals surface area (Å²) in [7, 11) is 0. The number of hydrogen-bond acceptors (Lipinski definition) is 5. The van der Waals surface area contributed by atoms with Crippen LogP contribution in [-0.4, -0.2) is 66.0 Å². The van der Waals surface area contributed by atoms with Crippen LogP contribution in [0.2, 0.25) is 0 Å². The Morgan fingerprint density at radius 1 is 1.06 bits per heavy atom. The highest BCUT2D eigenvalue weighted by Crippen LogP contribution is 2.47. The van der Waals surface area contributed by atoms with Gasteiger partial charge >= 0.3 is 6.03 Å². The lowest BCUT2D eigenvalue weighted by Crippen LogP contribution is -2.48. The Labute approximate surface area is 201 Å². The maximum Gasteiger partial charge on any atom is 0.319 e. The topological polar surface area (TPSA) is 100 Å². The van der Waals surface area contributed by atoms with E-state index in [1.807, 2.05) is 23.1 Å². The summed E-state index contributed by atoms with van der Waals surface area (Å²) in [6.45, 7) is 1.49. The van der Waals surface area contributed by atoms with Crippen LogP contribution < -0.4 is 15.4 Å². The highest BCUT2D eigenvalue weighted by Gasteiger charge is 2.46. The summed E-state index contributed by atoms with van der Waals surface area (Å²) >= 11 is 0. The van der Waals surface area contributed by atoms with Gasteiger partial charge < -0.3 is 30.1 Å². The number of aliphatic hydroxyl groups excluding tert-OH is 1. The van der Waals surface area contributed by atoms with Crippen molar-refractivity contribution >= 4 is 17.6 Å². The number of nitrogens with one attached hydrogen (secondary N) is 2. The molecule has 3 heterocycles. The van der Waals surface area contributed by atoms with Crippen LogP contribution in [0.4, 0.5) is 10.5 Å². The van der Waals surface area contributed by atoms with Crippen molar-refractivity contribution in [2.75, 3.05) is 25.0 Å². The van der Waals surface area contributed by atoms with Gasteiger partial charge in [-0.25, -0.2) is 4.79 Å². The van der Waals surface area contributed by atoms with Crippen LogP contribution in [-0.2, 0) is 9.53 Å². The molecule has 0 spiro atoms. The molecular weight excluding hydrogens is 434 g/mol. The average molecular weight is 472 g/mol. The number of anilines is 1. The second-order valence-corrected chi connectivity index (χ2v) is 10.2. The van der Waals surface area contributed by atoms with Gasteiger partial charge in [0.05, 0.1) is 19.1 Å². The summed E-state index contributed by atoms with van der Waals surface area (Å²) < 4.78 is 12.3. The first-order chi connectivity index (χ1) is 16.6. The van der Waals surface area contributed by atoms with Gasteiger partial charge in [0.2, 0.25) is 5.91 Å². The lowest BCUT2D eigenvalue weighted by molar-refractivity contribution is -0.149. The number of aliphatic hydroxyl groups is 1. The number of ether oxygens (including phenoxy) is 2. The van der Waals surface area contributed by atoms with E-state index in [-0.39, 0.29) is 42.7 Å². The first kappa shape index (κ1) is 23.4. The number of amides is 3. The maximum atomic E-state index is 12.8. The number of fused-ring (bicyclic) bond motifs is 3. The van der Waals surface area contributed by atoms with Gasteiger partial charge in [-0.15, -0.1) is 0 Å². The number of carbonyl (C=O) groups is 2. The van der Waals surface area contributed by atoms with E-state index >= 15 is 0 Å². The minimum absolute atomic E-state index is 0.0169. The summed E-state index contributed by atoms with van der Waals surface area (Å²) in [5.74, 6) is 0.912. The van der Waals surface area contributed by atoms with Crippen LogP contribution in [0.1, 0.15) is 75.7 Å². The molecule has 8 heteroatoms. The van der Waals surface area contributed by atoms with Crippen LogP contribution in [0.5, 0.6) is 5.75 Å². The Balaban J connectivity index is 1.25. The zero-order valence-corrected chi connectivity index (χ0v) is 19.8. The standard InChI is InChI=1S/C26H37N3O5/c30-16-23-25-21(14-19(33-23)15-24(31)29-11-5-2-6-12-29)20-13-18(9-10-22(20)34-25)28-26(32)27-17-7-3-1-4-8-17/h9-10,13,17,19,21,23,25,30H,1-8,11-12,14-16H2,(H2,27,28,32)/t19-,21+,23-,25-/m1/s1.